The Morgan fingerprint density at radius 1 is 1.75 bits per heavy atom. The fourth-order valence-electron chi connectivity index (χ4n) is 0. The van der Waals surface area contributed by atoms with Crippen LogP contribution in [0.4, 0.5) is 0 Å². The van der Waals surface area contributed by atoms with E-state index in [1.165, 1.54) is 0 Å². The molecule has 0 atom stereocenters. The van der Waals surface area contributed by atoms with Crippen molar-refractivity contribution in [2.45, 2.75) is 0 Å². The first kappa shape index (κ1) is 8.89. The van der Waals surface area contributed by atoms with Crippen molar-refractivity contribution in [1.29, 1.82) is 0 Å². The van der Waals surface area contributed by atoms with Crippen molar-refractivity contribution in [3.63, 3.8) is 0 Å². The fraction of sp³-hybridized carbons (Fsp3) is 0. The number of carbonyl (C=O) groups is 1. The molecule has 22 valence electrons. The number of carboxylic acid groups (broad SMARTS) is 1. The molecule has 0 bridgehead atoms. The van der Waals surface area contributed by atoms with Gasteiger partial charge in [-0.1, -0.05) is 0 Å². The zero-order valence-corrected chi connectivity index (χ0v) is 3.49. The van der Waals surface area contributed by atoms with E-state index < -0.39 is 0 Å². The van der Waals surface area contributed by atoms with Gasteiger partial charge >= 0.3 is 0 Å². The van der Waals surface area contributed by atoms with Crippen molar-refractivity contribution in [1.82, 2.24) is 0 Å². The van der Waals surface area contributed by atoms with Crippen LogP contribution in [0.1, 0.15) is 0 Å². The normalized spacial score (nSPS) is 3.00. The predicted molar refractivity (Wildman–Crippen MR) is 8.69 cm³/mol. The van der Waals surface area contributed by atoms with Crippen molar-refractivity contribution < 1.29 is 31.6 Å². The minimum Gasteiger partial charge on any atom is -0.483 e. The number of rotatable bonds is 0. The Balaban J connectivity index is 0. The zero-order valence-electron chi connectivity index (χ0n) is 1.93. The third-order valence-electron chi connectivity index (χ3n) is 0. The smallest absolute Gasteiger partial charge is 0.290 e. The summed E-state index contributed by atoms with van der Waals surface area (Å²) in [6.45, 7) is -0.250. The maximum Gasteiger partial charge on any atom is 0.290 e. The Morgan fingerprint density at radius 2 is 1.75 bits per heavy atom. The van der Waals surface area contributed by atoms with E-state index in [1.807, 2.05) is 0 Å². The monoisotopic (exact) mass is 94.0 g/mol. The van der Waals surface area contributed by atoms with Crippen LogP contribution in [-0.4, -0.2) is 11.6 Å². The fourth-order valence-corrected chi connectivity index (χ4v) is 0. The van der Waals surface area contributed by atoms with E-state index in [9.17, 15) is 0 Å². The number of hydrogen-bond acceptors (Lipinski definition) is 1. The molecule has 0 saturated carbocycles. The zero-order chi connectivity index (χ0) is 2.71. The maximum absolute atomic E-state index is 8.36. The van der Waals surface area contributed by atoms with Gasteiger partial charge in [0.15, 0.2) is 0 Å². The molecule has 3 heteroatoms. The third-order valence-corrected chi connectivity index (χ3v) is 0. The molecule has 0 rings (SSSR count). The van der Waals surface area contributed by atoms with Crippen LogP contribution < -0.4 is 0 Å². The van der Waals surface area contributed by atoms with Gasteiger partial charge in [0.05, 0.1) is 0 Å². The molecule has 0 heterocycles. The van der Waals surface area contributed by atoms with Crippen LogP contribution in [0.15, 0.2) is 0 Å². The standard InChI is InChI=1S/CH2O2.Ti/c2-1-3;/h1H,(H,2,3);. The largest absolute Gasteiger partial charge is 0.483 e. The van der Waals surface area contributed by atoms with Gasteiger partial charge in [-0.3, -0.25) is 4.79 Å². The van der Waals surface area contributed by atoms with Crippen LogP contribution in [0, 0.1) is 0 Å². The molecule has 0 aromatic heterocycles. The molecule has 0 aliphatic rings. The summed E-state index contributed by atoms with van der Waals surface area (Å²) in [6, 6.07) is 0. The van der Waals surface area contributed by atoms with Gasteiger partial charge in [-0.05, 0) is 0 Å². The minimum absolute atomic E-state index is 0. The van der Waals surface area contributed by atoms with Gasteiger partial charge in [-0.2, -0.15) is 0 Å². The van der Waals surface area contributed by atoms with Gasteiger partial charge in [0.1, 0.15) is 0 Å². The van der Waals surface area contributed by atoms with Gasteiger partial charge in [0.25, 0.3) is 6.47 Å². The van der Waals surface area contributed by atoms with Crippen LogP contribution in [0.2, 0.25) is 0 Å². The van der Waals surface area contributed by atoms with Crippen molar-refractivity contribution in [3.8, 4) is 0 Å². The molecule has 0 aromatic carbocycles. The van der Waals surface area contributed by atoms with Crippen molar-refractivity contribution in [2.24, 2.45) is 0 Å². The van der Waals surface area contributed by atoms with Gasteiger partial charge in [0.2, 0.25) is 0 Å². The van der Waals surface area contributed by atoms with E-state index in [0.717, 1.165) is 0 Å². The average Bonchev–Trinajstić information content (AvgIpc) is 0.918. The Labute approximate surface area is 38.7 Å². The predicted octanol–water partition coefficient (Wildman–Crippen LogP) is -0.302. The van der Waals surface area contributed by atoms with Crippen LogP contribution in [0.3, 0.4) is 0 Å². The summed E-state index contributed by atoms with van der Waals surface area (Å²) in [7, 11) is 0. The quantitative estimate of drug-likeness (QED) is 0.330. The minimum atomic E-state index is -0.250. The topological polar surface area (TPSA) is 37.3 Å². The molecule has 0 amide bonds. The van der Waals surface area contributed by atoms with Crippen molar-refractivity contribution >= 4 is 6.47 Å². The maximum atomic E-state index is 8.36. The molecule has 1 N–H and O–H groups in total. The second kappa shape index (κ2) is 10.8. The Hall–Kier alpha value is 0.184. The third kappa shape index (κ3) is 90.2. The number of hydrogen-bond donors (Lipinski definition) is 1. The Kier molecular flexibility index (Phi) is 24.1. The van der Waals surface area contributed by atoms with E-state index in [-0.39, 0.29) is 28.2 Å². The Bertz CT molecular complexity index is 13.5. The van der Waals surface area contributed by atoms with Gasteiger partial charge in [-0.15, -0.1) is 0 Å². The van der Waals surface area contributed by atoms with Crippen LogP contribution in [-0.2, 0) is 26.5 Å². The van der Waals surface area contributed by atoms with Crippen molar-refractivity contribution in [2.75, 3.05) is 0 Å². The summed E-state index contributed by atoms with van der Waals surface area (Å²) in [4.78, 5) is 8.36. The first-order valence-electron chi connectivity index (χ1n) is 0.494. The molecule has 0 spiro atoms. The van der Waals surface area contributed by atoms with Crippen LogP contribution >= 0.6 is 0 Å². The molecular weight excluding hydrogens is 91.9 g/mol. The van der Waals surface area contributed by atoms with Crippen molar-refractivity contribution in [3.05, 3.63) is 0 Å². The summed E-state index contributed by atoms with van der Waals surface area (Å²) in [5.74, 6) is 0. The molecule has 0 radical (unpaired) electrons. The van der Waals surface area contributed by atoms with E-state index in [0.29, 0.717) is 0 Å². The molecule has 0 aliphatic heterocycles. The van der Waals surface area contributed by atoms with E-state index in [2.05, 4.69) is 0 Å². The second-order valence-corrected chi connectivity index (χ2v) is 0.105. The Morgan fingerprint density at radius 3 is 1.75 bits per heavy atom. The van der Waals surface area contributed by atoms with Gasteiger partial charge < -0.3 is 5.11 Å². The molecule has 0 saturated heterocycles. The van der Waals surface area contributed by atoms with Crippen LogP contribution in [0.25, 0.3) is 0 Å². The van der Waals surface area contributed by atoms with E-state index in [4.69, 9.17) is 9.90 Å². The molecule has 2 nitrogen and oxygen atoms in total. The molecule has 0 fully saturated rings. The first-order valence-corrected chi connectivity index (χ1v) is 0.494. The summed E-state index contributed by atoms with van der Waals surface area (Å²) < 4.78 is 0. The molecule has 0 unspecified atom stereocenters. The van der Waals surface area contributed by atoms with E-state index in [1.54, 1.807) is 0 Å². The van der Waals surface area contributed by atoms with Gasteiger partial charge in [-0.25, -0.2) is 0 Å². The second-order valence-electron chi connectivity index (χ2n) is 0.105. The van der Waals surface area contributed by atoms with Crippen LogP contribution in [0.5, 0.6) is 0 Å². The summed E-state index contributed by atoms with van der Waals surface area (Å²) in [6.07, 6.45) is 0. The average molecular weight is 93.9 g/mol. The molecule has 0 aromatic rings. The molecule has 4 heavy (non-hydrogen) atoms. The van der Waals surface area contributed by atoms with E-state index >= 15 is 0 Å². The summed E-state index contributed by atoms with van der Waals surface area (Å²) in [5.41, 5.74) is 0. The van der Waals surface area contributed by atoms with Gasteiger partial charge in [0, 0.05) is 21.7 Å². The SMILES string of the molecule is O=CO.[Ti]. The molecular formula is CH2O2Ti. The first-order chi connectivity index (χ1) is 1.41. The molecule has 0 aliphatic carbocycles. The summed E-state index contributed by atoms with van der Waals surface area (Å²) in [5, 5.41) is 6.89. The summed E-state index contributed by atoms with van der Waals surface area (Å²) >= 11 is 0.